The van der Waals surface area contributed by atoms with E-state index in [2.05, 4.69) is 0 Å². The quantitative estimate of drug-likeness (QED) is 0.598. The van der Waals surface area contributed by atoms with Crippen LogP contribution < -0.4 is 10.2 Å². The number of hydrogen-bond acceptors (Lipinski definition) is 6. The number of aromatic hydroxyl groups is 3. The lowest BCUT2D eigenvalue weighted by Crippen LogP contribution is -2.10. The second-order valence-electron chi connectivity index (χ2n) is 6.92. The molecule has 0 atom stereocenters. The third-order valence-corrected chi connectivity index (χ3v) is 4.52. The Morgan fingerprint density at radius 2 is 1.67 bits per heavy atom. The van der Waals surface area contributed by atoms with E-state index in [1.54, 1.807) is 38.3 Å². The number of phenolic OH excluding ortho intramolecular Hbond substituents is 3. The maximum atomic E-state index is 13.2. The highest BCUT2D eigenvalue weighted by Crippen LogP contribution is 2.45. The number of hydrogen-bond donors (Lipinski definition) is 3. The monoisotopic (exact) mass is 370 g/mol. The average molecular weight is 370 g/mol. The summed E-state index contributed by atoms with van der Waals surface area (Å²) >= 11 is 0. The second-order valence-corrected chi connectivity index (χ2v) is 6.92. The van der Waals surface area contributed by atoms with Crippen molar-refractivity contribution in [1.29, 1.82) is 0 Å². The van der Waals surface area contributed by atoms with Crippen LogP contribution in [-0.2, 0) is 6.42 Å². The predicted octanol–water partition coefficient (Wildman–Crippen LogP) is 4.09. The molecule has 1 heterocycles. The van der Waals surface area contributed by atoms with Crippen LogP contribution in [0.2, 0.25) is 0 Å². The fourth-order valence-corrected chi connectivity index (χ4v) is 3.24. The van der Waals surface area contributed by atoms with Gasteiger partial charge in [-0.2, -0.15) is 0 Å². The minimum atomic E-state index is -0.713. The topological polar surface area (TPSA) is 100 Å². The lowest BCUT2D eigenvalue weighted by atomic mass is 9.96. The third kappa shape index (κ3) is 3.07. The van der Waals surface area contributed by atoms with Crippen molar-refractivity contribution in [3.63, 3.8) is 0 Å². The molecule has 6 heteroatoms. The molecule has 2 aromatic carbocycles. The summed E-state index contributed by atoms with van der Waals surface area (Å²) in [5.74, 6) is -0.727. The molecule has 0 saturated heterocycles. The van der Waals surface area contributed by atoms with E-state index in [9.17, 15) is 20.1 Å². The molecule has 0 aliphatic carbocycles. The molecule has 3 aromatic rings. The summed E-state index contributed by atoms with van der Waals surface area (Å²) in [5.41, 5.74) is 0.798. The Labute approximate surface area is 156 Å². The summed E-state index contributed by atoms with van der Waals surface area (Å²) < 4.78 is 11.0. The Hall–Kier alpha value is -3.15. The van der Waals surface area contributed by atoms with Crippen LogP contribution in [0.1, 0.15) is 25.2 Å². The Morgan fingerprint density at radius 3 is 2.22 bits per heavy atom. The van der Waals surface area contributed by atoms with E-state index in [1.807, 2.05) is 13.8 Å². The van der Waals surface area contributed by atoms with Crippen molar-refractivity contribution in [2.45, 2.75) is 27.2 Å². The molecule has 0 aliphatic heterocycles. The molecular formula is C21H22O6. The lowest BCUT2D eigenvalue weighted by molar-refractivity contribution is 0.365. The van der Waals surface area contributed by atoms with Gasteiger partial charge in [-0.15, -0.1) is 0 Å². The molecule has 142 valence electrons. The first-order valence-electron chi connectivity index (χ1n) is 8.63. The minimum absolute atomic E-state index is 0.0938. The molecule has 6 nitrogen and oxygen atoms in total. The van der Waals surface area contributed by atoms with Gasteiger partial charge in [0.05, 0.1) is 12.7 Å². The lowest BCUT2D eigenvalue weighted by Gasteiger charge is -2.15. The van der Waals surface area contributed by atoms with E-state index >= 15 is 0 Å². The highest BCUT2D eigenvalue weighted by molar-refractivity contribution is 5.94. The van der Waals surface area contributed by atoms with Gasteiger partial charge in [-0.1, -0.05) is 26.0 Å². The summed E-state index contributed by atoms with van der Waals surface area (Å²) in [6.07, 6.45) is 0.375. The van der Waals surface area contributed by atoms with Crippen molar-refractivity contribution in [2.75, 3.05) is 7.11 Å². The molecule has 3 N–H and O–H groups in total. The van der Waals surface area contributed by atoms with Crippen LogP contribution >= 0.6 is 0 Å². The van der Waals surface area contributed by atoms with Crippen LogP contribution in [0.4, 0.5) is 0 Å². The summed E-state index contributed by atoms with van der Waals surface area (Å²) in [6, 6.07) is 6.88. The van der Waals surface area contributed by atoms with Gasteiger partial charge in [0.2, 0.25) is 11.2 Å². The van der Waals surface area contributed by atoms with E-state index < -0.39 is 22.7 Å². The van der Waals surface area contributed by atoms with E-state index in [4.69, 9.17) is 9.15 Å². The average Bonchev–Trinajstić information content (AvgIpc) is 2.63. The highest BCUT2D eigenvalue weighted by atomic mass is 16.5. The molecule has 1 aromatic heterocycles. The molecule has 0 bridgehead atoms. The van der Waals surface area contributed by atoms with Gasteiger partial charge in [0.15, 0.2) is 11.5 Å². The predicted molar refractivity (Wildman–Crippen MR) is 103 cm³/mol. The van der Waals surface area contributed by atoms with Crippen LogP contribution in [0, 0.1) is 12.8 Å². The van der Waals surface area contributed by atoms with Crippen LogP contribution in [0.25, 0.3) is 22.1 Å². The number of ether oxygens (including phenoxy) is 1. The van der Waals surface area contributed by atoms with E-state index in [0.29, 0.717) is 29.1 Å². The van der Waals surface area contributed by atoms with Crippen molar-refractivity contribution >= 4 is 11.0 Å². The molecule has 0 aliphatic rings. The highest BCUT2D eigenvalue weighted by Gasteiger charge is 2.25. The Bertz CT molecular complexity index is 1060. The second kappa shape index (κ2) is 6.87. The van der Waals surface area contributed by atoms with Gasteiger partial charge in [0.1, 0.15) is 22.5 Å². The van der Waals surface area contributed by atoms with Gasteiger partial charge in [-0.3, -0.25) is 4.79 Å². The van der Waals surface area contributed by atoms with Gasteiger partial charge in [-0.05, 0) is 37.0 Å². The fraction of sp³-hybridized carbons (Fsp3) is 0.286. The first-order valence-corrected chi connectivity index (χ1v) is 8.63. The largest absolute Gasteiger partial charge is 0.504 e. The first kappa shape index (κ1) is 18.6. The number of aryl methyl sites for hydroxylation is 1. The minimum Gasteiger partial charge on any atom is -0.504 e. The zero-order valence-electron chi connectivity index (χ0n) is 15.7. The van der Waals surface area contributed by atoms with Gasteiger partial charge >= 0.3 is 0 Å². The maximum Gasteiger partial charge on any atom is 0.204 e. The zero-order valence-corrected chi connectivity index (χ0v) is 15.7. The number of fused-ring (bicyclic) bond motifs is 1. The Kier molecular flexibility index (Phi) is 4.74. The van der Waals surface area contributed by atoms with Gasteiger partial charge < -0.3 is 24.5 Å². The van der Waals surface area contributed by atoms with Crippen molar-refractivity contribution in [2.24, 2.45) is 5.92 Å². The van der Waals surface area contributed by atoms with Crippen molar-refractivity contribution in [3.8, 4) is 34.1 Å². The van der Waals surface area contributed by atoms with Gasteiger partial charge in [-0.25, -0.2) is 0 Å². The standard InChI is InChI=1S/C21H22O6/c1-10(2)9-14-17(22)20(25)19(24)16-18(23)15(11(3)27-21(14)16)12-5-7-13(26-4)8-6-12/h5-8,10,22,24-25H,9H2,1-4H3. The van der Waals surface area contributed by atoms with E-state index in [-0.39, 0.29) is 22.5 Å². The summed E-state index contributed by atoms with van der Waals surface area (Å²) in [7, 11) is 1.55. The number of phenols is 3. The van der Waals surface area contributed by atoms with Crippen molar-refractivity contribution in [3.05, 3.63) is 45.8 Å². The number of rotatable bonds is 4. The number of benzene rings is 2. The molecule has 0 amide bonds. The summed E-state index contributed by atoms with van der Waals surface area (Å²) in [4.78, 5) is 13.2. The van der Waals surface area contributed by atoms with E-state index in [1.165, 1.54) is 0 Å². The first-order chi connectivity index (χ1) is 12.8. The normalized spacial score (nSPS) is 11.3. The molecular weight excluding hydrogens is 348 g/mol. The Balaban J connectivity index is 2.38. The van der Waals surface area contributed by atoms with Crippen LogP contribution in [0.15, 0.2) is 33.5 Å². The molecule has 27 heavy (non-hydrogen) atoms. The molecule has 0 radical (unpaired) electrons. The molecule has 0 fully saturated rings. The zero-order chi connectivity index (χ0) is 19.9. The molecule has 0 spiro atoms. The van der Waals surface area contributed by atoms with Crippen LogP contribution in [0.5, 0.6) is 23.0 Å². The van der Waals surface area contributed by atoms with Crippen LogP contribution in [-0.4, -0.2) is 22.4 Å². The molecule has 0 unspecified atom stereocenters. The van der Waals surface area contributed by atoms with Crippen LogP contribution in [0.3, 0.4) is 0 Å². The van der Waals surface area contributed by atoms with Crippen molar-refractivity contribution < 1.29 is 24.5 Å². The summed E-state index contributed by atoms with van der Waals surface area (Å²) in [6.45, 7) is 5.53. The summed E-state index contributed by atoms with van der Waals surface area (Å²) in [5, 5.41) is 30.6. The Morgan fingerprint density at radius 1 is 1.04 bits per heavy atom. The molecule has 0 saturated carbocycles. The van der Waals surface area contributed by atoms with Gasteiger partial charge in [0, 0.05) is 5.56 Å². The smallest absolute Gasteiger partial charge is 0.204 e. The third-order valence-electron chi connectivity index (χ3n) is 4.52. The SMILES string of the molecule is COc1ccc(-c2c(C)oc3c(CC(C)C)c(O)c(O)c(O)c3c2=O)cc1. The molecule has 3 rings (SSSR count). The maximum absolute atomic E-state index is 13.2. The van der Waals surface area contributed by atoms with Crippen molar-refractivity contribution in [1.82, 2.24) is 0 Å². The number of methoxy groups -OCH3 is 1. The van der Waals surface area contributed by atoms with E-state index in [0.717, 1.165) is 0 Å². The van der Waals surface area contributed by atoms with Gasteiger partial charge in [0.25, 0.3) is 0 Å². The fourth-order valence-electron chi connectivity index (χ4n) is 3.24.